The van der Waals surface area contributed by atoms with Crippen molar-refractivity contribution in [3.05, 3.63) is 39.4 Å². The molecular weight excluding hydrogens is 304 g/mol. The lowest BCUT2D eigenvalue weighted by atomic mass is 10.0. The van der Waals surface area contributed by atoms with Gasteiger partial charge in [0.1, 0.15) is 0 Å². The van der Waals surface area contributed by atoms with Crippen molar-refractivity contribution < 1.29 is 24.4 Å². The summed E-state index contributed by atoms with van der Waals surface area (Å²) in [4.78, 5) is 33.5. The number of hydrogen-bond acceptors (Lipinski definition) is 5. The second-order valence-corrected chi connectivity index (χ2v) is 5.43. The van der Waals surface area contributed by atoms with Crippen LogP contribution < -0.4 is 5.32 Å². The zero-order valence-electron chi connectivity index (χ0n) is 12.7. The van der Waals surface area contributed by atoms with Gasteiger partial charge in [0.15, 0.2) is 0 Å². The van der Waals surface area contributed by atoms with E-state index in [4.69, 9.17) is 9.84 Å². The molecule has 8 heteroatoms. The Kier molecular flexibility index (Phi) is 5.28. The van der Waals surface area contributed by atoms with Gasteiger partial charge in [-0.1, -0.05) is 6.92 Å². The average Bonchev–Trinajstić information content (AvgIpc) is 2.54. The molecule has 1 aliphatic rings. The number of nitrogens with one attached hydrogen (secondary N) is 1. The van der Waals surface area contributed by atoms with Gasteiger partial charge in [0.25, 0.3) is 11.6 Å². The Morgan fingerprint density at radius 3 is 2.70 bits per heavy atom. The Balaban J connectivity index is 2.18. The van der Waals surface area contributed by atoms with E-state index < -0.39 is 22.5 Å². The van der Waals surface area contributed by atoms with Gasteiger partial charge in [-0.15, -0.1) is 0 Å². The number of amides is 1. The highest BCUT2D eigenvalue weighted by Gasteiger charge is 2.24. The van der Waals surface area contributed by atoms with E-state index in [1.54, 1.807) is 0 Å². The molecule has 124 valence electrons. The Labute approximate surface area is 132 Å². The standard InChI is InChI=1S/C15H18N2O6/c1-2-13-8-11(3-4-23-13)16-14(18)9-5-10(15(19)20)7-12(6-9)17(21)22/h5-7,11,13H,2-4,8H2,1H3,(H,16,18)(H,19,20). The minimum absolute atomic E-state index is 0.0314. The zero-order valence-corrected chi connectivity index (χ0v) is 12.7. The van der Waals surface area contributed by atoms with Crippen molar-refractivity contribution in [1.82, 2.24) is 5.32 Å². The maximum Gasteiger partial charge on any atom is 0.335 e. The number of carbonyl (C=O) groups is 2. The molecule has 1 aromatic rings. The van der Waals surface area contributed by atoms with Crippen LogP contribution in [0.5, 0.6) is 0 Å². The molecule has 1 aliphatic heterocycles. The number of ether oxygens (including phenoxy) is 1. The van der Waals surface area contributed by atoms with Gasteiger partial charge in [0.2, 0.25) is 0 Å². The van der Waals surface area contributed by atoms with E-state index >= 15 is 0 Å². The number of nitrogens with zero attached hydrogens (tertiary/aromatic N) is 1. The molecule has 2 N–H and O–H groups in total. The first kappa shape index (κ1) is 16.9. The number of nitro benzene ring substituents is 1. The van der Waals surface area contributed by atoms with Crippen LogP contribution in [0.1, 0.15) is 46.9 Å². The van der Waals surface area contributed by atoms with Crippen molar-refractivity contribution in [2.24, 2.45) is 0 Å². The largest absolute Gasteiger partial charge is 0.478 e. The monoisotopic (exact) mass is 322 g/mol. The van der Waals surface area contributed by atoms with E-state index in [0.29, 0.717) is 19.4 Å². The fourth-order valence-corrected chi connectivity index (χ4v) is 2.54. The number of non-ortho nitro benzene ring substituents is 1. The van der Waals surface area contributed by atoms with Crippen LogP contribution in [0, 0.1) is 10.1 Å². The van der Waals surface area contributed by atoms with Crippen LogP contribution in [0.2, 0.25) is 0 Å². The topological polar surface area (TPSA) is 119 Å². The Hall–Kier alpha value is -2.48. The smallest absolute Gasteiger partial charge is 0.335 e. The van der Waals surface area contributed by atoms with Crippen LogP contribution >= 0.6 is 0 Å². The Morgan fingerprint density at radius 1 is 1.39 bits per heavy atom. The number of rotatable bonds is 5. The molecule has 0 aliphatic carbocycles. The van der Waals surface area contributed by atoms with E-state index in [9.17, 15) is 19.7 Å². The minimum Gasteiger partial charge on any atom is -0.478 e. The number of carbonyl (C=O) groups excluding carboxylic acids is 1. The first-order chi connectivity index (χ1) is 10.9. The molecule has 2 rings (SSSR count). The summed E-state index contributed by atoms with van der Waals surface area (Å²) in [5.41, 5.74) is -0.743. The van der Waals surface area contributed by atoms with Crippen LogP contribution in [0.25, 0.3) is 0 Å². The van der Waals surface area contributed by atoms with E-state index in [0.717, 1.165) is 24.6 Å². The molecule has 0 spiro atoms. The van der Waals surface area contributed by atoms with Gasteiger partial charge >= 0.3 is 5.97 Å². The van der Waals surface area contributed by atoms with Gasteiger partial charge in [-0.05, 0) is 25.3 Å². The lowest BCUT2D eigenvalue weighted by Gasteiger charge is -2.29. The number of benzene rings is 1. The Morgan fingerprint density at radius 2 is 2.09 bits per heavy atom. The highest BCUT2D eigenvalue weighted by molar-refractivity contribution is 5.98. The molecule has 0 radical (unpaired) electrons. The van der Waals surface area contributed by atoms with Gasteiger partial charge in [0, 0.05) is 30.3 Å². The first-order valence-electron chi connectivity index (χ1n) is 7.36. The van der Waals surface area contributed by atoms with Crippen LogP contribution in [-0.4, -0.2) is 40.7 Å². The quantitative estimate of drug-likeness (QED) is 0.632. The highest BCUT2D eigenvalue weighted by atomic mass is 16.6. The van der Waals surface area contributed by atoms with E-state index in [1.807, 2.05) is 6.92 Å². The fraction of sp³-hybridized carbons (Fsp3) is 0.467. The van der Waals surface area contributed by atoms with Crippen molar-refractivity contribution in [2.75, 3.05) is 6.61 Å². The summed E-state index contributed by atoms with van der Waals surface area (Å²) < 4.78 is 5.53. The third-order valence-electron chi connectivity index (χ3n) is 3.80. The number of carboxylic acid groups (broad SMARTS) is 1. The lowest BCUT2D eigenvalue weighted by Crippen LogP contribution is -2.41. The molecule has 1 aromatic carbocycles. The second kappa shape index (κ2) is 7.19. The van der Waals surface area contributed by atoms with Gasteiger partial charge in [-0.25, -0.2) is 4.79 Å². The first-order valence-corrected chi connectivity index (χ1v) is 7.36. The predicted molar refractivity (Wildman–Crippen MR) is 80.6 cm³/mol. The SMILES string of the molecule is CCC1CC(NC(=O)c2cc(C(=O)O)cc([N+](=O)[O-])c2)CCO1. The van der Waals surface area contributed by atoms with Crippen LogP contribution in [0.3, 0.4) is 0 Å². The molecule has 0 bridgehead atoms. The summed E-state index contributed by atoms with van der Waals surface area (Å²) in [6.45, 7) is 2.54. The zero-order chi connectivity index (χ0) is 17.0. The summed E-state index contributed by atoms with van der Waals surface area (Å²) in [7, 11) is 0. The van der Waals surface area contributed by atoms with Crippen molar-refractivity contribution >= 4 is 17.6 Å². The maximum absolute atomic E-state index is 12.3. The molecule has 2 atom stereocenters. The fourth-order valence-electron chi connectivity index (χ4n) is 2.54. The van der Waals surface area contributed by atoms with Crippen molar-refractivity contribution in [1.29, 1.82) is 0 Å². The molecule has 1 fully saturated rings. The summed E-state index contributed by atoms with van der Waals surface area (Å²) in [5.74, 6) is -1.84. The summed E-state index contributed by atoms with van der Waals surface area (Å²) in [6, 6.07) is 3.06. The predicted octanol–water partition coefficient (Wildman–Crippen LogP) is 1.98. The van der Waals surface area contributed by atoms with Crippen molar-refractivity contribution in [3.63, 3.8) is 0 Å². The summed E-state index contributed by atoms with van der Waals surface area (Å²) >= 11 is 0. The van der Waals surface area contributed by atoms with Crippen LogP contribution in [0.4, 0.5) is 5.69 Å². The highest BCUT2D eigenvalue weighted by Crippen LogP contribution is 2.20. The van der Waals surface area contributed by atoms with E-state index in [2.05, 4.69) is 5.32 Å². The van der Waals surface area contributed by atoms with E-state index in [1.165, 1.54) is 0 Å². The van der Waals surface area contributed by atoms with Gasteiger partial charge < -0.3 is 15.2 Å². The molecule has 2 unspecified atom stereocenters. The van der Waals surface area contributed by atoms with Crippen LogP contribution in [0.15, 0.2) is 18.2 Å². The summed E-state index contributed by atoms with van der Waals surface area (Å²) in [5, 5.41) is 22.7. The third-order valence-corrected chi connectivity index (χ3v) is 3.80. The van der Waals surface area contributed by atoms with Crippen molar-refractivity contribution in [3.8, 4) is 0 Å². The number of aromatic carboxylic acids is 1. The molecule has 1 amide bonds. The molecule has 23 heavy (non-hydrogen) atoms. The number of hydrogen-bond donors (Lipinski definition) is 2. The number of carboxylic acids is 1. The molecule has 1 heterocycles. The van der Waals surface area contributed by atoms with E-state index in [-0.39, 0.29) is 23.3 Å². The van der Waals surface area contributed by atoms with Crippen molar-refractivity contribution in [2.45, 2.75) is 38.3 Å². The summed E-state index contributed by atoms with van der Waals surface area (Å²) in [6.07, 6.45) is 2.24. The van der Waals surface area contributed by atoms with Gasteiger partial charge in [-0.3, -0.25) is 14.9 Å². The molecule has 0 aromatic heterocycles. The average molecular weight is 322 g/mol. The van der Waals surface area contributed by atoms with Gasteiger partial charge in [-0.2, -0.15) is 0 Å². The third kappa shape index (κ3) is 4.26. The molecule has 0 saturated carbocycles. The second-order valence-electron chi connectivity index (χ2n) is 5.43. The molecule has 1 saturated heterocycles. The molecular formula is C15H18N2O6. The normalized spacial score (nSPS) is 20.7. The lowest BCUT2D eigenvalue weighted by molar-refractivity contribution is -0.384. The maximum atomic E-state index is 12.3. The molecule has 8 nitrogen and oxygen atoms in total. The number of nitro groups is 1. The minimum atomic E-state index is -1.32. The van der Waals surface area contributed by atoms with Gasteiger partial charge in [0.05, 0.1) is 16.6 Å². The van der Waals surface area contributed by atoms with Crippen LogP contribution in [-0.2, 0) is 4.74 Å². The Bertz CT molecular complexity index is 598.